The van der Waals surface area contributed by atoms with Gasteiger partial charge in [-0.05, 0) is 44.2 Å². The molecular formula is C20H18ClN3O4. The third kappa shape index (κ3) is 3.61. The second-order valence-corrected chi connectivity index (χ2v) is 7.02. The maximum atomic E-state index is 12.9. The summed E-state index contributed by atoms with van der Waals surface area (Å²) in [5, 5.41) is 5.56. The molecule has 0 aromatic heterocycles. The summed E-state index contributed by atoms with van der Waals surface area (Å²) < 4.78 is 0. The Morgan fingerprint density at radius 2 is 1.75 bits per heavy atom. The second-order valence-electron chi connectivity index (χ2n) is 6.61. The molecule has 0 radical (unpaired) electrons. The van der Waals surface area contributed by atoms with Crippen molar-refractivity contribution in [3.8, 4) is 0 Å². The predicted molar refractivity (Wildman–Crippen MR) is 104 cm³/mol. The van der Waals surface area contributed by atoms with Gasteiger partial charge in [-0.3, -0.25) is 19.3 Å². The lowest BCUT2D eigenvalue weighted by atomic mass is 9.92. The predicted octanol–water partition coefficient (Wildman–Crippen LogP) is 2.95. The van der Waals surface area contributed by atoms with E-state index >= 15 is 0 Å². The van der Waals surface area contributed by atoms with Gasteiger partial charge in [0.05, 0.1) is 0 Å². The lowest BCUT2D eigenvalue weighted by Gasteiger charge is -2.23. The average Bonchev–Trinajstić information content (AvgIpc) is 2.86. The van der Waals surface area contributed by atoms with Crippen molar-refractivity contribution in [2.75, 3.05) is 11.9 Å². The molecule has 1 aliphatic rings. The number of benzene rings is 2. The first-order chi connectivity index (χ1) is 13.2. The Kier molecular flexibility index (Phi) is 5.20. The zero-order valence-corrected chi connectivity index (χ0v) is 16.0. The molecule has 1 atom stereocenters. The standard InChI is InChI=1S/C20H18ClN3O4/c1-12(25)13-7-9-14(10-8-13)22-17(26)11-24-18(27)20(2,23-19(24)28)15-5-3-4-6-16(15)21/h3-10H,11H2,1-2H3,(H,22,26)(H,23,28). The average molecular weight is 400 g/mol. The molecule has 0 aliphatic carbocycles. The number of nitrogens with zero attached hydrogens (tertiary/aromatic N) is 1. The number of carbonyl (C=O) groups excluding carboxylic acids is 4. The van der Waals surface area contributed by atoms with Crippen LogP contribution in [0.25, 0.3) is 0 Å². The fraction of sp³-hybridized carbons (Fsp3) is 0.200. The molecule has 2 aromatic rings. The van der Waals surface area contributed by atoms with Crippen molar-refractivity contribution in [3.05, 3.63) is 64.7 Å². The molecule has 1 fully saturated rings. The highest BCUT2D eigenvalue weighted by Crippen LogP contribution is 2.33. The van der Waals surface area contributed by atoms with Gasteiger partial charge in [-0.25, -0.2) is 4.79 Å². The van der Waals surface area contributed by atoms with Gasteiger partial charge in [0.2, 0.25) is 5.91 Å². The molecule has 7 nitrogen and oxygen atoms in total. The van der Waals surface area contributed by atoms with Crippen molar-refractivity contribution in [3.63, 3.8) is 0 Å². The first-order valence-corrected chi connectivity index (χ1v) is 8.90. The Balaban J connectivity index is 1.73. The fourth-order valence-corrected chi connectivity index (χ4v) is 3.35. The number of hydrogen-bond acceptors (Lipinski definition) is 4. The van der Waals surface area contributed by atoms with Gasteiger partial charge in [0, 0.05) is 21.8 Å². The normalized spacial score (nSPS) is 18.8. The van der Waals surface area contributed by atoms with Gasteiger partial charge in [-0.15, -0.1) is 0 Å². The van der Waals surface area contributed by atoms with E-state index in [1.807, 2.05) is 0 Å². The minimum atomic E-state index is -1.35. The fourth-order valence-electron chi connectivity index (χ4n) is 3.02. The number of amides is 4. The second kappa shape index (κ2) is 7.44. The molecule has 0 spiro atoms. The van der Waals surface area contributed by atoms with Crippen LogP contribution in [0, 0.1) is 0 Å². The van der Waals surface area contributed by atoms with E-state index in [1.165, 1.54) is 6.92 Å². The summed E-state index contributed by atoms with van der Waals surface area (Å²) in [6.07, 6.45) is 0. The minimum Gasteiger partial charge on any atom is -0.325 e. The van der Waals surface area contributed by atoms with E-state index in [0.717, 1.165) is 4.90 Å². The first kappa shape index (κ1) is 19.6. The number of anilines is 1. The quantitative estimate of drug-likeness (QED) is 0.596. The summed E-state index contributed by atoms with van der Waals surface area (Å²) in [4.78, 5) is 49.7. The first-order valence-electron chi connectivity index (χ1n) is 8.52. The zero-order valence-electron chi connectivity index (χ0n) is 15.3. The van der Waals surface area contributed by atoms with Crippen LogP contribution in [-0.2, 0) is 15.1 Å². The molecule has 1 heterocycles. The van der Waals surface area contributed by atoms with Gasteiger partial charge >= 0.3 is 6.03 Å². The summed E-state index contributed by atoms with van der Waals surface area (Å²) in [6.45, 7) is 2.55. The monoisotopic (exact) mass is 399 g/mol. The largest absolute Gasteiger partial charge is 0.325 e. The SMILES string of the molecule is CC(=O)c1ccc(NC(=O)CN2C(=O)NC(C)(c3ccccc3Cl)C2=O)cc1. The number of rotatable bonds is 5. The molecule has 0 bridgehead atoms. The Bertz CT molecular complexity index is 974. The third-order valence-electron chi connectivity index (χ3n) is 4.56. The van der Waals surface area contributed by atoms with Crippen LogP contribution in [-0.4, -0.2) is 35.1 Å². The lowest BCUT2D eigenvalue weighted by Crippen LogP contribution is -2.42. The van der Waals surface area contributed by atoms with Crippen molar-refractivity contribution < 1.29 is 19.2 Å². The van der Waals surface area contributed by atoms with Crippen LogP contribution in [0.1, 0.15) is 29.8 Å². The van der Waals surface area contributed by atoms with Gasteiger partial charge in [0.1, 0.15) is 12.1 Å². The number of Topliss-reactive ketones (excluding diaryl/α,β-unsaturated/α-hetero) is 1. The van der Waals surface area contributed by atoms with Crippen molar-refractivity contribution in [2.45, 2.75) is 19.4 Å². The maximum absolute atomic E-state index is 12.9. The molecule has 0 saturated carbocycles. The van der Waals surface area contributed by atoms with E-state index in [1.54, 1.807) is 55.5 Å². The Morgan fingerprint density at radius 1 is 1.11 bits per heavy atom. The smallest absolute Gasteiger partial charge is 0.325 e. The highest BCUT2D eigenvalue weighted by molar-refractivity contribution is 6.32. The van der Waals surface area contributed by atoms with Crippen molar-refractivity contribution in [1.29, 1.82) is 0 Å². The lowest BCUT2D eigenvalue weighted by molar-refractivity contribution is -0.133. The molecule has 1 saturated heterocycles. The van der Waals surface area contributed by atoms with Crippen LogP contribution in [0.15, 0.2) is 48.5 Å². The number of hydrogen-bond donors (Lipinski definition) is 2. The van der Waals surface area contributed by atoms with E-state index in [-0.39, 0.29) is 5.78 Å². The minimum absolute atomic E-state index is 0.0870. The van der Waals surface area contributed by atoms with Crippen LogP contribution >= 0.6 is 11.6 Å². The number of ketones is 1. The summed E-state index contributed by atoms with van der Waals surface area (Å²) >= 11 is 6.18. The van der Waals surface area contributed by atoms with E-state index in [2.05, 4.69) is 10.6 Å². The van der Waals surface area contributed by atoms with Crippen LogP contribution in [0.3, 0.4) is 0 Å². The molecule has 2 aromatic carbocycles. The van der Waals surface area contributed by atoms with Gasteiger partial charge in [-0.2, -0.15) is 0 Å². The zero-order chi connectivity index (χ0) is 20.5. The molecule has 8 heteroatoms. The topological polar surface area (TPSA) is 95.6 Å². The van der Waals surface area contributed by atoms with Gasteiger partial charge in [0.15, 0.2) is 5.78 Å². The third-order valence-corrected chi connectivity index (χ3v) is 4.89. The molecule has 4 amide bonds. The molecule has 1 unspecified atom stereocenters. The molecule has 3 rings (SSSR count). The van der Waals surface area contributed by atoms with Gasteiger partial charge in [0.25, 0.3) is 5.91 Å². The molecule has 2 N–H and O–H groups in total. The van der Waals surface area contributed by atoms with Crippen LogP contribution in [0.4, 0.5) is 10.5 Å². The van der Waals surface area contributed by atoms with Crippen molar-refractivity contribution >= 4 is 40.9 Å². The summed E-state index contributed by atoms with van der Waals surface area (Å²) in [7, 11) is 0. The summed E-state index contributed by atoms with van der Waals surface area (Å²) in [5.41, 5.74) is 0.0787. The number of imide groups is 1. The van der Waals surface area contributed by atoms with Crippen molar-refractivity contribution in [2.24, 2.45) is 0 Å². The number of halogens is 1. The molecule has 28 heavy (non-hydrogen) atoms. The van der Waals surface area contributed by atoms with Crippen LogP contribution < -0.4 is 10.6 Å². The van der Waals surface area contributed by atoms with Gasteiger partial charge < -0.3 is 10.6 Å². The van der Waals surface area contributed by atoms with Crippen molar-refractivity contribution in [1.82, 2.24) is 10.2 Å². The maximum Gasteiger partial charge on any atom is 0.325 e. The number of urea groups is 1. The Hall–Kier alpha value is -3.19. The highest BCUT2D eigenvalue weighted by atomic mass is 35.5. The van der Waals surface area contributed by atoms with E-state index in [9.17, 15) is 19.2 Å². The number of carbonyl (C=O) groups is 4. The molecule has 144 valence electrons. The Labute approximate surface area is 166 Å². The van der Waals surface area contributed by atoms with E-state index in [4.69, 9.17) is 11.6 Å². The van der Waals surface area contributed by atoms with Crippen LogP contribution in [0.2, 0.25) is 5.02 Å². The summed E-state index contributed by atoms with van der Waals surface area (Å²) in [5.74, 6) is -1.19. The Morgan fingerprint density at radius 3 is 2.36 bits per heavy atom. The van der Waals surface area contributed by atoms with Gasteiger partial charge in [-0.1, -0.05) is 29.8 Å². The highest BCUT2D eigenvalue weighted by Gasteiger charge is 2.50. The molecular weight excluding hydrogens is 382 g/mol. The van der Waals surface area contributed by atoms with E-state index in [0.29, 0.717) is 21.8 Å². The van der Waals surface area contributed by atoms with Crippen LogP contribution in [0.5, 0.6) is 0 Å². The summed E-state index contributed by atoms with van der Waals surface area (Å²) in [6, 6.07) is 12.4. The van der Waals surface area contributed by atoms with E-state index < -0.39 is 29.9 Å². The number of nitrogens with one attached hydrogen (secondary N) is 2. The molecule has 1 aliphatic heterocycles.